The van der Waals surface area contributed by atoms with Crippen LogP contribution in [0.15, 0.2) is 61.9 Å². The van der Waals surface area contributed by atoms with Crippen LogP contribution in [0.5, 0.6) is 11.5 Å². The highest BCUT2D eigenvalue weighted by Crippen LogP contribution is 2.34. The van der Waals surface area contributed by atoms with E-state index in [4.69, 9.17) is 19.2 Å². The van der Waals surface area contributed by atoms with Crippen molar-refractivity contribution >= 4 is 39.3 Å². The van der Waals surface area contributed by atoms with Crippen LogP contribution in [0.2, 0.25) is 0 Å². The molecule has 4 rings (SSSR count). The van der Waals surface area contributed by atoms with Gasteiger partial charge in [0.25, 0.3) is 5.56 Å². The zero-order valence-corrected chi connectivity index (χ0v) is 25.4. The Morgan fingerprint density at radius 2 is 1.82 bits per heavy atom. The molecule has 9 heteroatoms. The van der Waals surface area contributed by atoms with Crippen LogP contribution in [-0.2, 0) is 9.53 Å². The van der Waals surface area contributed by atoms with Crippen LogP contribution in [0, 0.1) is 0 Å². The van der Waals surface area contributed by atoms with E-state index in [1.54, 1.807) is 37.9 Å². The minimum atomic E-state index is -0.644. The lowest BCUT2D eigenvalue weighted by Crippen LogP contribution is -2.40. The molecule has 3 aromatic rings. The standard InChI is InChI=1S/C30H33BrN2O5S/c1-7-9-22-26(29(35)38-8-2)27(19-12-10-18(11-13-19)17(3)4)33-28(34)25(39-30(33)32-22)15-20-14-21(31)24(37-6)16-23(20)36-5/h10-17,27H,7-9H2,1-6H3/b25-15-/t27-/m0/s1. The molecule has 7 nitrogen and oxygen atoms in total. The van der Waals surface area contributed by atoms with E-state index in [1.165, 1.54) is 16.9 Å². The van der Waals surface area contributed by atoms with Gasteiger partial charge in [-0.15, -0.1) is 0 Å². The average molecular weight is 614 g/mol. The van der Waals surface area contributed by atoms with Crippen LogP contribution in [0.25, 0.3) is 6.08 Å². The number of hydrogen-bond donors (Lipinski definition) is 0. The third-order valence-corrected chi connectivity index (χ3v) is 8.20. The molecule has 206 valence electrons. The van der Waals surface area contributed by atoms with E-state index >= 15 is 0 Å². The van der Waals surface area contributed by atoms with Gasteiger partial charge in [0.2, 0.25) is 0 Å². The van der Waals surface area contributed by atoms with Gasteiger partial charge in [0.1, 0.15) is 11.5 Å². The molecule has 1 atom stereocenters. The monoisotopic (exact) mass is 612 g/mol. The predicted octanol–water partition coefficient (Wildman–Crippen LogP) is 5.48. The van der Waals surface area contributed by atoms with E-state index in [9.17, 15) is 9.59 Å². The number of esters is 1. The summed E-state index contributed by atoms with van der Waals surface area (Å²) in [5, 5.41) is 0. The second-order valence-electron chi connectivity index (χ2n) is 9.46. The Kier molecular flexibility index (Phi) is 9.12. The number of aromatic nitrogens is 1. The van der Waals surface area contributed by atoms with Crippen molar-refractivity contribution in [3.05, 3.63) is 88.5 Å². The highest BCUT2D eigenvalue weighted by molar-refractivity contribution is 9.10. The molecule has 0 fully saturated rings. The first-order valence-electron chi connectivity index (χ1n) is 13.0. The van der Waals surface area contributed by atoms with E-state index < -0.39 is 12.0 Å². The Labute approximate surface area is 240 Å². The summed E-state index contributed by atoms with van der Waals surface area (Å²) in [5.41, 5.74) is 3.57. The van der Waals surface area contributed by atoms with Crippen molar-refractivity contribution in [1.29, 1.82) is 0 Å². The largest absolute Gasteiger partial charge is 0.496 e. The maximum absolute atomic E-state index is 14.0. The first-order chi connectivity index (χ1) is 18.7. The highest BCUT2D eigenvalue weighted by atomic mass is 79.9. The Morgan fingerprint density at radius 3 is 2.41 bits per heavy atom. The van der Waals surface area contributed by atoms with Crippen LogP contribution >= 0.6 is 27.3 Å². The zero-order valence-electron chi connectivity index (χ0n) is 23.0. The number of benzene rings is 2. The number of hydrogen-bond acceptors (Lipinski definition) is 7. The number of allylic oxidation sites excluding steroid dienone is 1. The molecule has 0 unspecified atom stereocenters. The van der Waals surface area contributed by atoms with Crippen molar-refractivity contribution in [2.75, 3.05) is 20.8 Å². The molecule has 1 aromatic heterocycles. The Bertz CT molecular complexity index is 1580. The first-order valence-corrected chi connectivity index (χ1v) is 14.6. The normalized spacial score (nSPS) is 15.3. The maximum atomic E-state index is 14.0. The van der Waals surface area contributed by atoms with Crippen molar-refractivity contribution in [2.24, 2.45) is 4.99 Å². The fourth-order valence-electron chi connectivity index (χ4n) is 4.64. The number of methoxy groups -OCH3 is 2. The molecule has 0 amide bonds. The summed E-state index contributed by atoms with van der Waals surface area (Å²) < 4.78 is 19.3. The number of carbonyl (C=O) groups is 1. The molecule has 39 heavy (non-hydrogen) atoms. The van der Waals surface area contributed by atoms with Gasteiger partial charge in [0.15, 0.2) is 4.80 Å². The smallest absolute Gasteiger partial charge is 0.338 e. The molecule has 1 aliphatic heterocycles. The summed E-state index contributed by atoms with van der Waals surface area (Å²) in [5.74, 6) is 1.10. The fraction of sp³-hybridized carbons (Fsp3) is 0.367. The van der Waals surface area contributed by atoms with Crippen molar-refractivity contribution in [2.45, 2.75) is 52.5 Å². The molecular weight excluding hydrogens is 580 g/mol. The van der Waals surface area contributed by atoms with Crippen LogP contribution in [0.4, 0.5) is 0 Å². The van der Waals surface area contributed by atoms with Crippen LogP contribution < -0.4 is 24.4 Å². The quantitative estimate of drug-likeness (QED) is 0.299. The minimum absolute atomic E-state index is 0.233. The Hall–Kier alpha value is -3.17. The van der Waals surface area contributed by atoms with Gasteiger partial charge in [0.05, 0.1) is 47.1 Å². The summed E-state index contributed by atoms with van der Waals surface area (Å²) in [6, 6.07) is 11.1. The van der Waals surface area contributed by atoms with Gasteiger partial charge in [-0.1, -0.05) is 62.8 Å². The summed E-state index contributed by atoms with van der Waals surface area (Å²) in [6.07, 6.45) is 3.19. The molecule has 0 bridgehead atoms. The maximum Gasteiger partial charge on any atom is 0.338 e. The molecule has 0 aliphatic carbocycles. The number of thiazole rings is 1. The predicted molar refractivity (Wildman–Crippen MR) is 157 cm³/mol. The number of fused-ring (bicyclic) bond motifs is 1. The van der Waals surface area contributed by atoms with Crippen molar-refractivity contribution < 1.29 is 19.0 Å². The molecule has 0 saturated heterocycles. The van der Waals surface area contributed by atoms with Crippen LogP contribution in [0.1, 0.15) is 69.2 Å². The number of ether oxygens (including phenoxy) is 3. The van der Waals surface area contributed by atoms with Gasteiger partial charge in [-0.3, -0.25) is 9.36 Å². The van der Waals surface area contributed by atoms with E-state index in [1.807, 2.05) is 25.1 Å². The van der Waals surface area contributed by atoms with Gasteiger partial charge in [-0.25, -0.2) is 9.79 Å². The van der Waals surface area contributed by atoms with Gasteiger partial charge in [-0.2, -0.15) is 0 Å². The molecule has 0 radical (unpaired) electrons. The highest BCUT2D eigenvalue weighted by Gasteiger charge is 2.34. The van der Waals surface area contributed by atoms with E-state index in [-0.39, 0.29) is 12.2 Å². The second kappa shape index (κ2) is 12.3. The van der Waals surface area contributed by atoms with Crippen molar-refractivity contribution in [3.63, 3.8) is 0 Å². The lowest BCUT2D eigenvalue weighted by Gasteiger charge is -2.26. The van der Waals surface area contributed by atoms with Gasteiger partial charge in [-0.05, 0) is 58.5 Å². The topological polar surface area (TPSA) is 79.1 Å². The second-order valence-corrected chi connectivity index (χ2v) is 11.3. The third kappa shape index (κ3) is 5.75. The van der Waals surface area contributed by atoms with Crippen molar-refractivity contribution in [3.8, 4) is 11.5 Å². The molecule has 1 aliphatic rings. The molecule has 2 heterocycles. The molecule has 0 N–H and O–H groups in total. The Morgan fingerprint density at radius 1 is 1.13 bits per heavy atom. The number of carbonyl (C=O) groups excluding carboxylic acids is 1. The van der Waals surface area contributed by atoms with Crippen molar-refractivity contribution in [1.82, 2.24) is 4.57 Å². The molecule has 0 saturated carbocycles. The molecule has 2 aromatic carbocycles. The van der Waals surface area contributed by atoms with Gasteiger partial charge < -0.3 is 14.2 Å². The number of nitrogens with zero attached hydrogens (tertiary/aromatic N) is 2. The third-order valence-electron chi connectivity index (χ3n) is 6.60. The molecular formula is C30H33BrN2O5S. The number of halogens is 1. The van der Waals surface area contributed by atoms with E-state index in [0.717, 1.165) is 16.5 Å². The average Bonchev–Trinajstić information content (AvgIpc) is 3.22. The Balaban J connectivity index is 1.99. The van der Waals surface area contributed by atoms with E-state index in [0.29, 0.717) is 50.0 Å². The van der Waals surface area contributed by atoms with Crippen LogP contribution in [0.3, 0.4) is 0 Å². The lowest BCUT2D eigenvalue weighted by atomic mass is 9.92. The first kappa shape index (κ1) is 28.8. The molecule has 0 spiro atoms. The lowest BCUT2D eigenvalue weighted by molar-refractivity contribution is -0.139. The summed E-state index contributed by atoms with van der Waals surface area (Å²) >= 11 is 4.82. The number of rotatable bonds is 9. The minimum Gasteiger partial charge on any atom is -0.496 e. The summed E-state index contributed by atoms with van der Waals surface area (Å²) in [6.45, 7) is 8.32. The van der Waals surface area contributed by atoms with Gasteiger partial charge in [0, 0.05) is 11.6 Å². The summed E-state index contributed by atoms with van der Waals surface area (Å²) in [4.78, 5) is 32.7. The summed E-state index contributed by atoms with van der Waals surface area (Å²) in [7, 11) is 3.16. The van der Waals surface area contributed by atoms with Gasteiger partial charge >= 0.3 is 5.97 Å². The SMILES string of the molecule is CCCC1=C(C(=O)OCC)[C@H](c2ccc(C(C)C)cc2)n2c(s/c(=C\c3cc(Br)c(OC)cc3OC)c2=O)=N1. The van der Waals surface area contributed by atoms with E-state index in [2.05, 4.69) is 41.9 Å². The zero-order chi connectivity index (χ0) is 28.3. The van der Waals surface area contributed by atoms with Crippen LogP contribution in [-0.4, -0.2) is 31.4 Å². The fourth-order valence-corrected chi connectivity index (χ4v) is 6.17.